The topological polar surface area (TPSA) is 23.1 Å². The van der Waals surface area contributed by atoms with Crippen LogP contribution in [0.1, 0.15) is 11.1 Å². The largest absolute Gasteiger partial charge is 0.305 e. The van der Waals surface area contributed by atoms with E-state index in [1.807, 2.05) is 38.4 Å². The van der Waals surface area contributed by atoms with Crippen molar-refractivity contribution >= 4 is 0 Å². The fourth-order valence-corrected chi connectivity index (χ4v) is 1.11. The van der Waals surface area contributed by atoms with Gasteiger partial charge in [0.15, 0.2) is 0 Å². The summed E-state index contributed by atoms with van der Waals surface area (Å²) in [6.45, 7) is 0.807. The molecule has 0 saturated heterocycles. The van der Waals surface area contributed by atoms with E-state index in [4.69, 9.17) is 0 Å². The number of nitrogens with zero attached hydrogens (tertiary/aromatic N) is 1. The number of benzene rings is 1. The quantitative estimate of drug-likeness (QED) is 0.666. The Morgan fingerprint density at radius 3 is 2.00 bits per heavy atom. The third-order valence-electron chi connectivity index (χ3n) is 1.69. The summed E-state index contributed by atoms with van der Waals surface area (Å²) in [5.41, 5.74) is 2.11. The van der Waals surface area contributed by atoms with Crippen molar-refractivity contribution in [3.63, 3.8) is 0 Å². The molecular formula is C10H14NO. The maximum absolute atomic E-state index is 10.5. The molecule has 0 heterocycles. The van der Waals surface area contributed by atoms with E-state index in [9.17, 15) is 5.11 Å². The Hall–Kier alpha value is -0.860. The molecule has 0 spiro atoms. The van der Waals surface area contributed by atoms with Gasteiger partial charge in [-0.15, -0.1) is 0 Å². The van der Waals surface area contributed by atoms with Crippen LogP contribution in [0.3, 0.4) is 0 Å². The van der Waals surface area contributed by atoms with E-state index in [2.05, 4.69) is 4.90 Å². The predicted octanol–water partition coefficient (Wildman–Crippen LogP) is 1.68. The van der Waals surface area contributed by atoms with E-state index in [0.717, 1.165) is 12.1 Å². The van der Waals surface area contributed by atoms with Gasteiger partial charge in [0.05, 0.1) is 0 Å². The molecule has 0 bridgehead atoms. The van der Waals surface area contributed by atoms with Crippen molar-refractivity contribution < 1.29 is 5.11 Å². The molecule has 0 aromatic heterocycles. The lowest BCUT2D eigenvalue weighted by atomic mass is 10.1. The Morgan fingerprint density at radius 2 is 1.58 bits per heavy atom. The summed E-state index contributed by atoms with van der Waals surface area (Å²) in [6, 6.07) is 7.80. The zero-order valence-electron chi connectivity index (χ0n) is 7.58. The SMILES string of the molecule is CN(C)Cc1ccc(C[O])cc1. The molecule has 0 unspecified atom stereocenters. The Balaban J connectivity index is 2.65. The van der Waals surface area contributed by atoms with Gasteiger partial charge >= 0.3 is 0 Å². The summed E-state index contributed by atoms with van der Waals surface area (Å²) >= 11 is 0. The molecule has 0 atom stereocenters. The Labute approximate surface area is 73.4 Å². The molecule has 1 rings (SSSR count). The van der Waals surface area contributed by atoms with Gasteiger partial charge in [0.2, 0.25) is 0 Å². The zero-order valence-corrected chi connectivity index (χ0v) is 7.58. The van der Waals surface area contributed by atoms with Gasteiger partial charge < -0.3 is 4.90 Å². The van der Waals surface area contributed by atoms with Crippen LogP contribution >= 0.6 is 0 Å². The second kappa shape index (κ2) is 4.24. The molecule has 0 fully saturated rings. The highest BCUT2D eigenvalue weighted by molar-refractivity contribution is 5.21. The molecule has 0 aliphatic rings. The van der Waals surface area contributed by atoms with E-state index in [-0.39, 0.29) is 6.61 Å². The van der Waals surface area contributed by atoms with Crippen LogP contribution in [0.2, 0.25) is 0 Å². The van der Waals surface area contributed by atoms with Crippen molar-refractivity contribution in [1.29, 1.82) is 0 Å². The normalized spacial score (nSPS) is 10.7. The lowest BCUT2D eigenvalue weighted by Crippen LogP contribution is -2.10. The van der Waals surface area contributed by atoms with Crippen LogP contribution in [-0.2, 0) is 18.3 Å². The molecule has 0 N–H and O–H groups in total. The molecule has 2 heteroatoms. The molecule has 1 aromatic carbocycles. The van der Waals surface area contributed by atoms with Crippen molar-refractivity contribution in [2.45, 2.75) is 13.2 Å². The van der Waals surface area contributed by atoms with Crippen molar-refractivity contribution in [1.82, 2.24) is 4.90 Å². The number of hydrogen-bond acceptors (Lipinski definition) is 1. The maximum atomic E-state index is 10.5. The van der Waals surface area contributed by atoms with Gasteiger partial charge in [-0.25, -0.2) is 5.11 Å². The minimum Gasteiger partial charge on any atom is -0.305 e. The minimum atomic E-state index is -0.123. The molecule has 1 radical (unpaired) electrons. The third kappa shape index (κ3) is 2.64. The van der Waals surface area contributed by atoms with Crippen molar-refractivity contribution in [3.8, 4) is 0 Å². The maximum Gasteiger partial charge on any atom is 0.107 e. The highest BCUT2D eigenvalue weighted by Gasteiger charge is 1.95. The molecule has 0 aliphatic heterocycles. The van der Waals surface area contributed by atoms with Crippen molar-refractivity contribution in [2.75, 3.05) is 14.1 Å². The zero-order chi connectivity index (χ0) is 8.97. The highest BCUT2D eigenvalue weighted by Crippen LogP contribution is 2.05. The summed E-state index contributed by atoms with van der Waals surface area (Å²) in [5, 5.41) is 10.5. The molecule has 0 saturated carbocycles. The lowest BCUT2D eigenvalue weighted by molar-refractivity contribution is 0.177. The standard InChI is InChI=1S/C10H14NO/c1-11(2)7-9-3-5-10(8-12)6-4-9/h3-6H,7-8H2,1-2H3. The molecule has 65 valence electrons. The van der Waals surface area contributed by atoms with Crippen LogP contribution in [0.25, 0.3) is 0 Å². The Bertz CT molecular complexity index is 228. The first-order valence-electron chi connectivity index (χ1n) is 4.03. The molecule has 12 heavy (non-hydrogen) atoms. The van der Waals surface area contributed by atoms with Crippen LogP contribution in [0, 0.1) is 0 Å². The van der Waals surface area contributed by atoms with E-state index >= 15 is 0 Å². The first-order chi connectivity index (χ1) is 5.72. The smallest absolute Gasteiger partial charge is 0.107 e. The average molecular weight is 164 g/mol. The predicted molar refractivity (Wildman–Crippen MR) is 48.2 cm³/mol. The molecular weight excluding hydrogens is 150 g/mol. The highest BCUT2D eigenvalue weighted by atomic mass is 16.3. The number of rotatable bonds is 3. The monoisotopic (exact) mass is 164 g/mol. The van der Waals surface area contributed by atoms with Gasteiger partial charge in [-0.2, -0.15) is 0 Å². The summed E-state index contributed by atoms with van der Waals surface area (Å²) in [7, 11) is 4.06. The lowest BCUT2D eigenvalue weighted by Gasteiger charge is -2.09. The van der Waals surface area contributed by atoms with Crippen LogP contribution in [-0.4, -0.2) is 19.0 Å². The average Bonchev–Trinajstić information content (AvgIpc) is 2.05. The summed E-state index contributed by atoms with van der Waals surface area (Å²) in [4.78, 5) is 2.10. The molecule has 0 amide bonds. The van der Waals surface area contributed by atoms with Gasteiger partial charge in [0.25, 0.3) is 0 Å². The minimum absolute atomic E-state index is 0.123. The van der Waals surface area contributed by atoms with E-state index < -0.39 is 0 Å². The molecule has 1 aromatic rings. The summed E-state index contributed by atoms with van der Waals surface area (Å²) < 4.78 is 0. The van der Waals surface area contributed by atoms with Crippen molar-refractivity contribution in [2.24, 2.45) is 0 Å². The second-order valence-corrected chi connectivity index (χ2v) is 3.20. The summed E-state index contributed by atoms with van der Waals surface area (Å²) in [5.74, 6) is 0. The number of hydrogen-bond donors (Lipinski definition) is 0. The van der Waals surface area contributed by atoms with Gasteiger partial charge in [-0.1, -0.05) is 24.3 Å². The van der Waals surface area contributed by atoms with E-state index in [1.54, 1.807) is 0 Å². The van der Waals surface area contributed by atoms with Crippen LogP contribution in [0.15, 0.2) is 24.3 Å². The van der Waals surface area contributed by atoms with Gasteiger partial charge in [-0.3, -0.25) is 0 Å². The van der Waals surface area contributed by atoms with Crippen LogP contribution in [0.5, 0.6) is 0 Å². The van der Waals surface area contributed by atoms with Gasteiger partial charge in [0, 0.05) is 6.54 Å². The third-order valence-corrected chi connectivity index (χ3v) is 1.69. The fraction of sp³-hybridized carbons (Fsp3) is 0.400. The van der Waals surface area contributed by atoms with Gasteiger partial charge in [-0.05, 0) is 25.2 Å². The Morgan fingerprint density at radius 1 is 1.08 bits per heavy atom. The van der Waals surface area contributed by atoms with Crippen LogP contribution < -0.4 is 0 Å². The first-order valence-corrected chi connectivity index (χ1v) is 4.03. The van der Waals surface area contributed by atoms with E-state index in [1.165, 1.54) is 5.56 Å². The fourth-order valence-electron chi connectivity index (χ4n) is 1.11. The Kier molecular flexibility index (Phi) is 3.26. The van der Waals surface area contributed by atoms with Crippen molar-refractivity contribution in [3.05, 3.63) is 35.4 Å². The molecule has 2 nitrogen and oxygen atoms in total. The molecule has 0 aliphatic carbocycles. The van der Waals surface area contributed by atoms with Crippen LogP contribution in [0.4, 0.5) is 0 Å². The first kappa shape index (κ1) is 9.23. The van der Waals surface area contributed by atoms with Gasteiger partial charge in [0.1, 0.15) is 6.61 Å². The summed E-state index contributed by atoms with van der Waals surface area (Å²) in [6.07, 6.45) is 0. The second-order valence-electron chi connectivity index (χ2n) is 3.20. The van der Waals surface area contributed by atoms with E-state index in [0.29, 0.717) is 0 Å².